The molecule has 28 heavy (non-hydrogen) atoms. The van der Waals surface area contributed by atoms with Crippen LogP contribution in [0.2, 0.25) is 0 Å². The molecule has 4 heterocycles. The third kappa shape index (κ3) is 2.43. The molecule has 138 valence electrons. The number of carbonyl (C=O) groups excluding carboxylic acids is 1. The van der Waals surface area contributed by atoms with E-state index in [1.807, 2.05) is 31.2 Å². The molecule has 1 aromatic carbocycles. The molecule has 5 rings (SSSR count). The number of hydrogen-bond acceptors (Lipinski definition) is 6. The van der Waals surface area contributed by atoms with Gasteiger partial charge in [-0.15, -0.1) is 5.10 Å². The van der Waals surface area contributed by atoms with Gasteiger partial charge in [-0.25, -0.2) is 0 Å². The number of nitrogens with zero attached hydrogens (tertiary/aromatic N) is 5. The van der Waals surface area contributed by atoms with Gasteiger partial charge in [0.25, 0.3) is 11.5 Å². The first-order valence-electron chi connectivity index (χ1n) is 8.54. The highest BCUT2D eigenvalue weighted by Gasteiger charge is 2.33. The molecule has 1 aliphatic rings. The second-order valence-corrected chi connectivity index (χ2v) is 8.09. The van der Waals surface area contributed by atoms with Crippen molar-refractivity contribution in [2.45, 2.75) is 6.92 Å². The lowest BCUT2D eigenvalue weighted by atomic mass is 10.1. The maximum Gasteiger partial charge on any atom is 0.291 e. The molecule has 1 aliphatic heterocycles. The van der Waals surface area contributed by atoms with E-state index in [9.17, 15) is 9.59 Å². The summed E-state index contributed by atoms with van der Waals surface area (Å²) in [7, 11) is 0. The lowest BCUT2D eigenvalue weighted by Crippen LogP contribution is -2.32. The number of halogens is 1. The highest BCUT2D eigenvalue weighted by Crippen LogP contribution is 2.37. The van der Waals surface area contributed by atoms with E-state index in [-0.39, 0.29) is 11.5 Å². The summed E-state index contributed by atoms with van der Waals surface area (Å²) in [5.74, 6) is 0.258. The number of fused-ring (bicyclic) bond motifs is 2. The number of likely N-dealkylation sites (N-methyl/N-ethyl adjacent to an activating group) is 1. The van der Waals surface area contributed by atoms with Crippen molar-refractivity contribution in [2.75, 3.05) is 11.4 Å². The molecular formula is C19H12BrN5O2S. The fourth-order valence-electron chi connectivity index (χ4n) is 3.34. The number of hydrogen-bond donors (Lipinski definition) is 0. The number of benzene rings is 1. The molecule has 0 radical (unpaired) electrons. The van der Waals surface area contributed by atoms with Gasteiger partial charge in [0.1, 0.15) is 4.53 Å². The first-order valence-corrected chi connectivity index (χ1v) is 10.2. The molecule has 0 spiro atoms. The van der Waals surface area contributed by atoms with E-state index in [0.717, 1.165) is 21.3 Å². The Morgan fingerprint density at radius 1 is 1.21 bits per heavy atom. The fraction of sp³-hybridized carbons (Fsp3) is 0.105. The van der Waals surface area contributed by atoms with E-state index >= 15 is 0 Å². The SMILES string of the molecule is CCN1C(=O)/C(=c2\sc3nc(-c4cccnc4)nn3c2=O)c2cc(Br)ccc21. The molecule has 9 heteroatoms. The minimum atomic E-state index is -0.338. The van der Waals surface area contributed by atoms with Crippen LogP contribution in [0, 0.1) is 0 Å². The summed E-state index contributed by atoms with van der Waals surface area (Å²) in [5.41, 5.74) is 2.35. The molecular weight excluding hydrogens is 442 g/mol. The molecule has 0 aliphatic carbocycles. The molecule has 0 N–H and O–H groups in total. The van der Waals surface area contributed by atoms with Gasteiger partial charge in [0, 0.05) is 34.5 Å². The third-order valence-electron chi connectivity index (χ3n) is 4.60. The van der Waals surface area contributed by atoms with Crippen LogP contribution in [-0.4, -0.2) is 32.0 Å². The van der Waals surface area contributed by atoms with Gasteiger partial charge < -0.3 is 4.90 Å². The van der Waals surface area contributed by atoms with Crippen molar-refractivity contribution >= 4 is 49.4 Å². The molecule has 0 saturated heterocycles. The maximum atomic E-state index is 13.0. The summed E-state index contributed by atoms with van der Waals surface area (Å²) >= 11 is 4.63. The summed E-state index contributed by atoms with van der Waals surface area (Å²) in [6.45, 7) is 2.44. The Morgan fingerprint density at radius 3 is 2.79 bits per heavy atom. The van der Waals surface area contributed by atoms with Crippen molar-refractivity contribution in [1.29, 1.82) is 0 Å². The minimum absolute atomic E-state index is 0.176. The lowest BCUT2D eigenvalue weighted by Gasteiger charge is -2.13. The van der Waals surface area contributed by atoms with Gasteiger partial charge in [-0.3, -0.25) is 14.6 Å². The van der Waals surface area contributed by atoms with Crippen molar-refractivity contribution in [1.82, 2.24) is 19.6 Å². The van der Waals surface area contributed by atoms with E-state index in [0.29, 0.717) is 27.4 Å². The summed E-state index contributed by atoms with van der Waals surface area (Å²) in [4.78, 5) is 36.7. The zero-order chi connectivity index (χ0) is 19.4. The summed E-state index contributed by atoms with van der Waals surface area (Å²) in [5, 5.41) is 4.33. The Kier molecular flexibility index (Phi) is 3.88. The Labute approximate surface area is 171 Å². The zero-order valence-corrected chi connectivity index (χ0v) is 17.0. The van der Waals surface area contributed by atoms with Gasteiger partial charge in [0.15, 0.2) is 5.82 Å². The van der Waals surface area contributed by atoms with E-state index in [1.165, 1.54) is 15.9 Å². The topological polar surface area (TPSA) is 80.5 Å². The van der Waals surface area contributed by atoms with Gasteiger partial charge in [-0.05, 0) is 37.3 Å². The van der Waals surface area contributed by atoms with Crippen LogP contribution in [-0.2, 0) is 4.79 Å². The van der Waals surface area contributed by atoms with Crippen LogP contribution < -0.4 is 15.0 Å². The monoisotopic (exact) mass is 453 g/mol. The molecule has 4 aromatic rings. The van der Waals surface area contributed by atoms with E-state index in [1.54, 1.807) is 23.4 Å². The van der Waals surface area contributed by atoms with Crippen molar-refractivity contribution in [3.63, 3.8) is 0 Å². The predicted molar refractivity (Wildman–Crippen MR) is 110 cm³/mol. The van der Waals surface area contributed by atoms with Crippen LogP contribution in [0.3, 0.4) is 0 Å². The molecule has 1 amide bonds. The second kappa shape index (κ2) is 6.32. The van der Waals surface area contributed by atoms with Crippen LogP contribution in [0.25, 0.3) is 21.9 Å². The van der Waals surface area contributed by atoms with Crippen LogP contribution in [0.1, 0.15) is 12.5 Å². The van der Waals surface area contributed by atoms with Crippen molar-refractivity contribution in [3.05, 3.63) is 67.6 Å². The highest BCUT2D eigenvalue weighted by atomic mass is 79.9. The largest absolute Gasteiger partial charge is 0.308 e. The second-order valence-electron chi connectivity index (χ2n) is 6.19. The number of rotatable bonds is 2. The lowest BCUT2D eigenvalue weighted by molar-refractivity contribution is -0.113. The molecule has 0 unspecified atom stereocenters. The number of carbonyl (C=O) groups is 1. The van der Waals surface area contributed by atoms with Crippen molar-refractivity contribution < 1.29 is 4.79 Å². The predicted octanol–water partition coefficient (Wildman–Crippen LogP) is 2.26. The van der Waals surface area contributed by atoms with Gasteiger partial charge in [-0.2, -0.15) is 9.50 Å². The van der Waals surface area contributed by atoms with Gasteiger partial charge in [0.05, 0.1) is 11.3 Å². The number of anilines is 1. The van der Waals surface area contributed by atoms with Crippen LogP contribution >= 0.6 is 27.3 Å². The highest BCUT2D eigenvalue weighted by molar-refractivity contribution is 9.10. The van der Waals surface area contributed by atoms with E-state index in [4.69, 9.17) is 0 Å². The molecule has 0 fully saturated rings. The number of thiazole rings is 1. The van der Waals surface area contributed by atoms with E-state index < -0.39 is 0 Å². The molecule has 0 atom stereocenters. The van der Waals surface area contributed by atoms with Crippen molar-refractivity contribution in [3.8, 4) is 11.4 Å². The summed E-state index contributed by atoms with van der Waals surface area (Å²) in [6.07, 6.45) is 3.31. The van der Waals surface area contributed by atoms with Crippen molar-refractivity contribution in [2.24, 2.45) is 0 Å². The Morgan fingerprint density at radius 2 is 2.07 bits per heavy atom. The third-order valence-corrected chi connectivity index (χ3v) is 6.12. The molecule has 0 bridgehead atoms. The molecule has 0 saturated carbocycles. The quantitative estimate of drug-likeness (QED) is 0.464. The minimum Gasteiger partial charge on any atom is -0.308 e. The van der Waals surface area contributed by atoms with Gasteiger partial charge in [-0.1, -0.05) is 27.3 Å². The maximum absolute atomic E-state index is 13.0. The van der Waals surface area contributed by atoms with Crippen LogP contribution in [0.15, 0.2) is 52.0 Å². The smallest absolute Gasteiger partial charge is 0.291 e. The molecule has 7 nitrogen and oxygen atoms in total. The summed E-state index contributed by atoms with van der Waals surface area (Å²) < 4.78 is 2.46. The van der Waals surface area contributed by atoms with Gasteiger partial charge >= 0.3 is 0 Å². The standard InChI is InChI=1S/C19H12BrN5O2S/c1-2-24-13-6-5-11(20)8-12(13)14(17(24)26)15-18(27)25-19(28-15)22-16(23-25)10-4-3-7-21-9-10/h3-9H,2H2,1H3/b15-14-. The first kappa shape index (κ1) is 17.2. The molecule has 3 aromatic heterocycles. The Balaban J connectivity index is 1.78. The fourth-order valence-corrected chi connectivity index (χ4v) is 4.70. The summed E-state index contributed by atoms with van der Waals surface area (Å²) in [6, 6.07) is 9.26. The Hall–Kier alpha value is -2.91. The van der Waals surface area contributed by atoms with E-state index in [2.05, 4.69) is 31.0 Å². The van der Waals surface area contributed by atoms with Crippen LogP contribution in [0.5, 0.6) is 0 Å². The number of pyridine rings is 1. The average molecular weight is 454 g/mol. The van der Waals surface area contributed by atoms with Crippen LogP contribution in [0.4, 0.5) is 5.69 Å². The first-order chi connectivity index (χ1) is 13.6. The average Bonchev–Trinajstić information content (AvgIpc) is 3.33. The number of amides is 1. The van der Waals surface area contributed by atoms with Gasteiger partial charge in [0.2, 0.25) is 4.96 Å². The number of aromatic nitrogens is 4. The normalized spacial score (nSPS) is 15.5. The zero-order valence-electron chi connectivity index (χ0n) is 14.6. The Bertz CT molecular complexity index is 1360.